The van der Waals surface area contributed by atoms with Crippen LogP contribution in [0.1, 0.15) is 44.9 Å². The van der Waals surface area contributed by atoms with E-state index in [0.29, 0.717) is 12.5 Å². The molecule has 2 fully saturated rings. The van der Waals surface area contributed by atoms with Crippen LogP contribution in [-0.2, 0) is 4.79 Å². The molecule has 166 valence electrons. The summed E-state index contributed by atoms with van der Waals surface area (Å²) in [6, 6.07) is 6.69. The smallest absolute Gasteiger partial charge is 0.221 e. The summed E-state index contributed by atoms with van der Waals surface area (Å²) in [7, 11) is 0. The second-order valence-electron chi connectivity index (χ2n) is 7.76. The number of aromatic nitrogens is 1. The van der Waals surface area contributed by atoms with Crippen molar-refractivity contribution in [1.82, 2.24) is 20.5 Å². The van der Waals surface area contributed by atoms with Gasteiger partial charge in [0.05, 0.1) is 0 Å². The fourth-order valence-electron chi connectivity index (χ4n) is 4.05. The van der Waals surface area contributed by atoms with Gasteiger partial charge in [0.2, 0.25) is 5.91 Å². The molecule has 0 atom stereocenters. The largest absolute Gasteiger partial charge is 0.355 e. The van der Waals surface area contributed by atoms with Gasteiger partial charge in [-0.2, -0.15) is 0 Å². The molecule has 1 saturated heterocycles. The van der Waals surface area contributed by atoms with E-state index in [0.717, 1.165) is 51.6 Å². The number of hydrogen-bond acceptors (Lipinski definition) is 5. The van der Waals surface area contributed by atoms with Crippen molar-refractivity contribution in [2.24, 2.45) is 0 Å². The van der Waals surface area contributed by atoms with Gasteiger partial charge in [-0.1, -0.05) is 31.7 Å². The summed E-state index contributed by atoms with van der Waals surface area (Å²) in [5, 5.41) is 6.67. The number of pyridine rings is 1. The average Bonchev–Trinajstić information content (AvgIpc) is 3.00. The monoisotopic (exact) mass is 445 g/mol. The average molecular weight is 446 g/mol. The van der Waals surface area contributed by atoms with Gasteiger partial charge in [-0.25, -0.2) is 4.98 Å². The van der Waals surface area contributed by atoms with Crippen LogP contribution in [0.2, 0.25) is 0 Å². The van der Waals surface area contributed by atoms with E-state index in [1.54, 1.807) is 0 Å². The number of rotatable bonds is 8. The predicted octanol–water partition coefficient (Wildman–Crippen LogP) is 2.87. The SMILES string of the molecule is Cl.Cl.O=C(CCN1CCN(c2ccccn2)CC1)NCCNC1CCCCCC1. The molecular formula is C21H37Cl2N5O. The van der Waals surface area contributed by atoms with E-state index in [1.165, 1.54) is 38.5 Å². The molecular weight excluding hydrogens is 409 g/mol. The van der Waals surface area contributed by atoms with Crippen molar-refractivity contribution in [3.63, 3.8) is 0 Å². The summed E-state index contributed by atoms with van der Waals surface area (Å²) >= 11 is 0. The first kappa shape index (κ1) is 26.0. The van der Waals surface area contributed by atoms with Crippen LogP contribution in [0, 0.1) is 0 Å². The Kier molecular flexibility index (Phi) is 13.3. The Hall–Kier alpha value is -1.08. The lowest BCUT2D eigenvalue weighted by Gasteiger charge is -2.35. The van der Waals surface area contributed by atoms with Crippen LogP contribution in [0.3, 0.4) is 0 Å². The highest BCUT2D eigenvalue weighted by Crippen LogP contribution is 2.16. The molecule has 0 radical (unpaired) electrons. The second kappa shape index (κ2) is 14.8. The summed E-state index contributed by atoms with van der Waals surface area (Å²) in [6.07, 6.45) is 10.5. The minimum atomic E-state index is 0. The van der Waals surface area contributed by atoms with Crippen LogP contribution >= 0.6 is 24.8 Å². The Balaban J connectivity index is 0.00000210. The molecule has 3 rings (SSSR count). The summed E-state index contributed by atoms with van der Waals surface area (Å²) in [6.45, 7) is 6.41. The maximum absolute atomic E-state index is 12.1. The van der Waals surface area contributed by atoms with E-state index in [4.69, 9.17) is 0 Å². The Labute approximate surface area is 188 Å². The number of halogens is 2. The molecule has 1 amide bonds. The molecule has 0 spiro atoms. The Bertz CT molecular complexity index is 547. The number of piperazine rings is 1. The van der Waals surface area contributed by atoms with Gasteiger partial charge < -0.3 is 15.5 Å². The number of anilines is 1. The van der Waals surface area contributed by atoms with Crippen LogP contribution in [0.15, 0.2) is 24.4 Å². The van der Waals surface area contributed by atoms with Crippen molar-refractivity contribution in [2.75, 3.05) is 50.7 Å². The molecule has 1 aromatic heterocycles. The third-order valence-electron chi connectivity index (χ3n) is 5.74. The van der Waals surface area contributed by atoms with Gasteiger partial charge >= 0.3 is 0 Å². The first-order chi connectivity index (χ1) is 13.3. The zero-order valence-corrected chi connectivity index (χ0v) is 19.0. The topological polar surface area (TPSA) is 60.5 Å². The lowest BCUT2D eigenvalue weighted by Crippen LogP contribution is -2.47. The Morgan fingerprint density at radius 3 is 2.38 bits per heavy atom. The molecule has 0 bridgehead atoms. The van der Waals surface area contributed by atoms with Gasteiger partial charge in [0, 0.05) is 64.5 Å². The quantitative estimate of drug-likeness (QED) is 0.475. The lowest BCUT2D eigenvalue weighted by atomic mass is 10.1. The molecule has 2 N–H and O–H groups in total. The van der Waals surface area contributed by atoms with Gasteiger partial charge in [-0.05, 0) is 25.0 Å². The van der Waals surface area contributed by atoms with Crippen molar-refractivity contribution in [1.29, 1.82) is 0 Å². The normalized spacial score (nSPS) is 18.3. The van der Waals surface area contributed by atoms with E-state index in [1.807, 2.05) is 18.3 Å². The molecule has 8 heteroatoms. The van der Waals surface area contributed by atoms with Gasteiger partial charge in [-0.15, -0.1) is 24.8 Å². The molecule has 1 aliphatic carbocycles. The van der Waals surface area contributed by atoms with Gasteiger partial charge in [-0.3, -0.25) is 9.69 Å². The van der Waals surface area contributed by atoms with E-state index in [-0.39, 0.29) is 30.7 Å². The molecule has 6 nitrogen and oxygen atoms in total. The molecule has 0 aromatic carbocycles. The number of carbonyl (C=O) groups excluding carboxylic acids is 1. The van der Waals surface area contributed by atoms with Crippen LogP contribution in [-0.4, -0.2) is 67.6 Å². The molecule has 0 unspecified atom stereocenters. The molecule has 1 aromatic rings. The summed E-state index contributed by atoms with van der Waals surface area (Å²) < 4.78 is 0. The highest BCUT2D eigenvalue weighted by atomic mass is 35.5. The van der Waals surface area contributed by atoms with E-state index >= 15 is 0 Å². The number of nitrogens with zero attached hydrogens (tertiary/aromatic N) is 3. The highest BCUT2D eigenvalue weighted by Gasteiger charge is 2.18. The third kappa shape index (κ3) is 9.51. The summed E-state index contributed by atoms with van der Waals surface area (Å²) in [5.41, 5.74) is 0. The standard InChI is InChI=1S/C21H35N5O.2ClH/c27-21(24-13-12-22-19-7-3-1-2-4-8-19)10-14-25-15-17-26(18-16-25)20-9-5-6-11-23-20;;/h5-6,9,11,19,22H,1-4,7-8,10,12-18H2,(H,24,27);2*1H. The summed E-state index contributed by atoms with van der Waals surface area (Å²) in [5.74, 6) is 1.22. The van der Waals surface area contributed by atoms with Gasteiger partial charge in [0.15, 0.2) is 0 Å². The zero-order chi connectivity index (χ0) is 18.7. The van der Waals surface area contributed by atoms with E-state index in [9.17, 15) is 4.79 Å². The zero-order valence-electron chi connectivity index (χ0n) is 17.4. The first-order valence-electron chi connectivity index (χ1n) is 10.7. The van der Waals surface area contributed by atoms with Gasteiger partial charge in [0.25, 0.3) is 0 Å². The molecule has 1 aliphatic heterocycles. The van der Waals surface area contributed by atoms with Crippen LogP contribution in [0.4, 0.5) is 5.82 Å². The van der Waals surface area contributed by atoms with Crippen molar-refractivity contribution in [3.05, 3.63) is 24.4 Å². The van der Waals surface area contributed by atoms with Crippen LogP contribution in [0.5, 0.6) is 0 Å². The van der Waals surface area contributed by atoms with Crippen molar-refractivity contribution >= 4 is 36.5 Å². The fourth-order valence-corrected chi connectivity index (χ4v) is 4.05. The number of amides is 1. The third-order valence-corrected chi connectivity index (χ3v) is 5.74. The molecule has 29 heavy (non-hydrogen) atoms. The maximum atomic E-state index is 12.1. The minimum absolute atomic E-state index is 0. The van der Waals surface area contributed by atoms with E-state index < -0.39 is 0 Å². The summed E-state index contributed by atoms with van der Waals surface area (Å²) in [4.78, 5) is 21.2. The Morgan fingerprint density at radius 1 is 1.00 bits per heavy atom. The van der Waals surface area contributed by atoms with Gasteiger partial charge in [0.1, 0.15) is 5.82 Å². The van der Waals surface area contributed by atoms with Crippen LogP contribution in [0.25, 0.3) is 0 Å². The molecule has 2 heterocycles. The lowest BCUT2D eigenvalue weighted by molar-refractivity contribution is -0.121. The number of nitrogens with one attached hydrogen (secondary N) is 2. The second-order valence-corrected chi connectivity index (χ2v) is 7.76. The Morgan fingerprint density at radius 2 is 1.72 bits per heavy atom. The van der Waals surface area contributed by atoms with Crippen molar-refractivity contribution in [2.45, 2.75) is 51.0 Å². The number of hydrogen-bond donors (Lipinski definition) is 2. The minimum Gasteiger partial charge on any atom is -0.355 e. The highest BCUT2D eigenvalue weighted by molar-refractivity contribution is 5.85. The number of carbonyl (C=O) groups is 1. The molecule has 1 saturated carbocycles. The van der Waals surface area contributed by atoms with E-state index in [2.05, 4.69) is 31.5 Å². The molecule has 2 aliphatic rings. The van der Waals surface area contributed by atoms with Crippen molar-refractivity contribution < 1.29 is 4.79 Å². The first-order valence-corrected chi connectivity index (χ1v) is 10.7. The maximum Gasteiger partial charge on any atom is 0.221 e. The fraction of sp³-hybridized carbons (Fsp3) is 0.714. The van der Waals surface area contributed by atoms with Crippen molar-refractivity contribution in [3.8, 4) is 0 Å². The van der Waals surface area contributed by atoms with Crippen LogP contribution < -0.4 is 15.5 Å². The predicted molar refractivity (Wildman–Crippen MR) is 125 cm³/mol.